The lowest BCUT2D eigenvalue weighted by Crippen LogP contribution is -2.95. The molecule has 24 heavy (non-hydrogen) atoms. The van der Waals surface area contributed by atoms with Gasteiger partial charge in [0.1, 0.15) is 29.5 Å². The lowest BCUT2D eigenvalue weighted by molar-refractivity contribution is -0.548. The Morgan fingerprint density at radius 2 is 1.96 bits per heavy atom. The smallest absolute Gasteiger partial charge is 0.311 e. The van der Waals surface area contributed by atoms with Gasteiger partial charge in [-0.15, -0.1) is 0 Å². The maximum absolute atomic E-state index is 10.8. The average molecular weight is 347 g/mol. The molecule has 4 aliphatic heterocycles. The lowest BCUT2D eigenvalue weighted by Gasteiger charge is -2.71. The molecule has 11 heteroatoms. The highest BCUT2D eigenvalue weighted by Gasteiger charge is 2.83. The number of rotatable bonds is 3. The van der Waals surface area contributed by atoms with Crippen molar-refractivity contribution >= 4 is 5.96 Å². The molecule has 3 saturated heterocycles. The molecule has 1 aliphatic carbocycles. The summed E-state index contributed by atoms with van der Waals surface area (Å²) in [5, 5.41) is 55.2. The third-order valence-electron chi connectivity index (χ3n) is 5.54. The zero-order valence-electron chi connectivity index (χ0n) is 12.9. The third kappa shape index (κ3) is 1.61. The van der Waals surface area contributed by atoms with Crippen LogP contribution in [0.15, 0.2) is 4.99 Å². The van der Waals surface area contributed by atoms with Crippen LogP contribution in [0, 0.1) is 5.92 Å². The van der Waals surface area contributed by atoms with Crippen molar-refractivity contribution in [2.45, 2.75) is 54.7 Å². The van der Waals surface area contributed by atoms with E-state index in [9.17, 15) is 25.5 Å². The Morgan fingerprint density at radius 3 is 2.58 bits per heavy atom. The van der Waals surface area contributed by atoms with E-state index >= 15 is 0 Å². The molecular weight excluding hydrogens is 326 g/mol. The standard InChI is InChI=1S/C13H21N3O8/c1-2-22-8-4-6-11(20,3-17)7-5(18)12(4,16-10(14)15-8)9(19)13(21,23-6)24-7/h4-9,17-21H,2-3H2,1H3,(H3,14,15,16)/t4-,5+,6-,7-,8-,9+,11+,12?,13+/m1/s1. The first kappa shape index (κ1) is 16.4. The van der Waals surface area contributed by atoms with E-state index in [1.54, 1.807) is 6.92 Å². The summed E-state index contributed by atoms with van der Waals surface area (Å²) in [7, 11) is 0. The third-order valence-corrected chi connectivity index (χ3v) is 5.54. The quantitative estimate of drug-likeness (QED) is 0.263. The molecule has 0 aromatic rings. The fourth-order valence-electron chi connectivity index (χ4n) is 4.53. The molecule has 4 fully saturated rings. The zero-order valence-corrected chi connectivity index (χ0v) is 12.9. The highest BCUT2D eigenvalue weighted by molar-refractivity contribution is 5.80. The van der Waals surface area contributed by atoms with Crippen LogP contribution in [0.2, 0.25) is 0 Å². The van der Waals surface area contributed by atoms with Crippen LogP contribution in [-0.4, -0.2) is 92.5 Å². The van der Waals surface area contributed by atoms with Crippen molar-refractivity contribution in [2.75, 3.05) is 13.2 Å². The number of nitrogens with one attached hydrogen (secondary N) is 1. The molecule has 11 nitrogen and oxygen atoms in total. The van der Waals surface area contributed by atoms with Gasteiger partial charge in [-0.2, -0.15) is 0 Å². The highest BCUT2D eigenvalue weighted by Crippen LogP contribution is 2.58. The van der Waals surface area contributed by atoms with Crippen LogP contribution in [-0.2, 0) is 14.2 Å². The SMILES string of the molecule is CCO[C@H]1N=C(N)NC23[C@@H]1[C@H]1O[C@](O)(O[C@H]([C@@H]2O)[C@]1(O)CO)[C@H]3O. The maximum atomic E-state index is 10.8. The summed E-state index contributed by atoms with van der Waals surface area (Å²) in [4.78, 5) is 4.11. The van der Waals surface area contributed by atoms with E-state index in [2.05, 4.69) is 10.3 Å². The summed E-state index contributed by atoms with van der Waals surface area (Å²) in [6.45, 7) is 1.17. The average Bonchev–Trinajstić information content (AvgIpc) is 2.53. The molecule has 136 valence electrons. The molecule has 8 N–H and O–H groups in total. The fourth-order valence-corrected chi connectivity index (χ4v) is 4.53. The number of ether oxygens (including phenoxy) is 3. The Balaban J connectivity index is 1.91. The summed E-state index contributed by atoms with van der Waals surface area (Å²) in [6, 6.07) is 0. The zero-order chi connectivity index (χ0) is 17.5. The van der Waals surface area contributed by atoms with E-state index in [-0.39, 0.29) is 12.6 Å². The van der Waals surface area contributed by atoms with Gasteiger partial charge in [0.25, 0.3) is 0 Å². The second kappa shape index (κ2) is 4.77. The first-order chi connectivity index (χ1) is 11.2. The van der Waals surface area contributed by atoms with Gasteiger partial charge in [0.2, 0.25) is 0 Å². The highest BCUT2D eigenvalue weighted by atomic mass is 16.9. The van der Waals surface area contributed by atoms with Gasteiger partial charge in [0, 0.05) is 6.61 Å². The molecule has 0 amide bonds. The van der Waals surface area contributed by atoms with E-state index < -0.39 is 60.3 Å². The van der Waals surface area contributed by atoms with Crippen molar-refractivity contribution in [3.63, 3.8) is 0 Å². The Bertz CT molecular complexity index is 592. The Kier molecular flexibility index (Phi) is 3.26. The van der Waals surface area contributed by atoms with E-state index in [1.807, 2.05) is 0 Å². The van der Waals surface area contributed by atoms with Crippen LogP contribution in [0.5, 0.6) is 0 Å². The maximum Gasteiger partial charge on any atom is 0.311 e. The van der Waals surface area contributed by atoms with Gasteiger partial charge >= 0.3 is 5.97 Å². The lowest BCUT2D eigenvalue weighted by atomic mass is 9.55. The molecule has 1 saturated carbocycles. The van der Waals surface area contributed by atoms with Crippen LogP contribution < -0.4 is 11.1 Å². The van der Waals surface area contributed by atoms with Crippen molar-refractivity contribution < 1.29 is 39.7 Å². The van der Waals surface area contributed by atoms with Crippen molar-refractivity contribution in [3.8, 4) is 0 Å². The van der Waals surface area contributed by atoms with E-state index in [0.717, 1.165) is 0 Å². The number of aliphatic hydroxyl groups excluding tert-OH is 3. The predicted molar refractivity (Wildman–Crippen MR) is 75.1 cm³/mol. The minimum Gasteiger partial charge on any atom is -0.393 e. The Labute approximate surface area is 136 Å². The molecule has 1 spiro atoms. The van der Waals surface area contributed by atoms with E-state index in [1.165, 1.54) is 0 Å². The molecule has 5 rings (SSSR count). The molecule has 5 aliphatic rings. The van der Waals surface area contributed by atoms with Gasteiger partial charge in [-0.25, -0.2) is 4.99 Å². The van der Waals surface area contributed by atoms with Gasteiger partial charge in [-0.3, -0.25) is 0 Å². The van der Waals surface area contributed by atoms with E-state index in [0.29, 0.717) is 0 Å². The molecule has 9 atom stereocenters. The van der Waals surface area contributed by atoms with Gasteiger partial charge in [-0.05, 0) is 6.92 Å². The van der Waals surface area contributed by atoms with Crippen molar-refractivity contribution in [3.05, 3.63) is 0 Å². The number of hydrogen-bond donors (Lipinski definition) is 7. The molecule has 0 aromatic carbocycles. The number of aliphatic imine (C=N–C) groups is 1. The summed E-state index contributed by atoms with van der Waals surface area (Å²) in [5.41, 5.74) is 2.15. The van der Waals surface area contributed by atoms with Gasteiger partial charge < -0.3 is 50.8 Å². The van der Waals surface area contributed by atoms with Crippen LogP contribution in [0.1, 0.15) is 6.92 Å². The van der Waals surface area contributed by atoms with Crippen molar-refractivity contribution in [1.82, 2.24) is 5.32 Å². The van der Waals surface area contributed by atoms with Crippen LogP contribution in [0.4, 0.5) is 0 Å². The normalized spacial score (nSPS) is 58.2. The Hall–Kier alpha value is -1.05. The minimum absolute atomic E-state index is 0.0964. The second-order valence-corrected chi connectivity index (χ2v) is 6.65. The Morgan fingerprint density at radius 1 is 1.29 bits per heavy atom. The van der Waals surface area contributed by atoms with Crippen molar-refractivity contribution in [2.24, 2.45) is 16.6 Å². The summed E-state index contributed by atoms with van der Waals surface area (Å²) in [5.74, 6) is -3.50. The largest absolute Gasteiger partial charge is 0.393 e. The first-order valence-electron chi connectivity index (χ1n) is 7.75. The molecule has 1 unspecified atom stereocenters. The molecule has 0 radical (unpaired) electrons. The van der Waals surface area contributed by atoms with Crippen LogP contribution >= 0.6 is 0 Å². The molecule has 4 bridgehead atoms. The van der Waals surface area contributed by atoms with Crippen LogP contribution in [0.25, 0.3) is 0 Å². The summed E-state index contributed by atoms with van der Waals surface area (Å²) >= 11 is 0. The predicted octanol–water partition coefficient (Wildman–Crippen LogP) is -4.48. The van der Waals surface area contributed by atoms with Gasteiger partial charge in [-0.1, -0.05) is 0 Å². The van der Waals surface area contributed by atoms with E-state index in [4.69, 9.17) is 19.9 Å². The molecule has 0 aromatic heterocycles. The van der Waals surface area contributed by atoms with Crippen LogP contribution in [0.3, 0.4) is 0 Å². The summed E-state index contributed by atoms with van der Waals surface area (Å²) < 4.78 is 16.1. The fraction of sp³-hybridized carbons (Fsp3) is 0.923. The first-order valence-corrected chi connectivity index (χ1v) is 7.75. The monoisotopic (exact) mass is 347 g/mol. The van der Waals surface area contributed by atoms with Gasteiger partial charge in [0.15, 0.2) is 18.3 Å². The molecular formula is C13H21N3O8. The number of aliphatic hydroxyl groups is 5. The molecule has 4 heterocycles. The summed E-state index contributed by atoms with van der Waals surface area (Å²) in [6.07, 6.45) is -6.86. The topological polar surface area (TPSA) is 179 Å². The van der Waals surface area contributed by atoms with Crippen molar-refractivity contribution in [1.29, 1.82) is 0 Å². The number of hydrogen-bond acceptors (Lipinski definition) is 11. The number of guanidine groups is 1. The number of nitrogens with two attached hydrogens (primary N) is 1. The number of nitrogens with zero attached hydrogens (tertiary/aromatic N) is 1. The second-order valence-electron chi connectivity index (χ2n) is 6.65. The minimum atomic E-state index is -2.46. The van der Waals surface area contributed by atoms with Gasteiger partial charge in [0.05, 0.1) is 12.5 Å².